The number of ether oxygens (including phenoxy) is 4. The fourth-order valence-electron chi connectivity index (χ4n) is 8.55. The molecule has 0 saturated heterocycles. The van der Waals surface area contributed by atoms with Gasteiger partial charge in [-0.25, -0.2) is 0 Å². The molecule has 5 aliphatic rings. The van der Waals surface area contributed by atoms with Crippen LogP contribution < -0.4 is 0 Å². The van der Waals surface area contributed by atoms with Crippen LogP contribution in [0, 0.1) is 5.92 Å². The maximum Gasteiger partial charge on any atom is 0.308 e. The Morgan fingerprint density at radius 1 is 0.878 bits per heavy atom. The number of carbonyl (C=O) groups is 6. The van der Waals surface area contributed by atoms with Gasteiger partial charge < -0.3 is 39.4 Å². The lowest BCUT2D eigenvalue weighted by atomic mass is 9.72. The van der Waals surface area contributed by atoms with Crippen LogP contribution in [0.1, 0.15) is 111 Å². The van der Waals surface area contributed by atoms with E-state index in [-0.39, 0.29) is 64.6 Å². The van der Waals surface area contributed by atoms with E-state index >= 15 is 0 Å². The summed E-state index contributed by atoms with van der Waals surface area (Å²) in [5.74, 6) is -8.36. The van der Waals surface area contributed by atoms with Gasteiger partial charge in [0.15, 0.2) is 23.0 Å². The first kappa shape index (κ1) is 32.5. The molecule has 1 unspecified atom stereocenters. The Kier molecular flexibility index (Phi) is 7.27. The van der Waals surface area contributed by atoms with Crippen LogP contribution in [0.15, 0.2) is 17.2 Å². The number of allylic oxidation sites excluding steroid dienone is 1. The summed E-state index contributed by atoms with van der Waals surface area (Å²) in [6, 6.07) is 1.52. The van der Waals surface area contributed by atoms with Gasteiger partial charge in [0, 0.05) is 47.6 Å². The first-order valence-corrected chi connectivity index (χ1v) is 15.8. The maximum absolute atomic E-state index is 14.7. The molecule has 256 valence electrons. The largest absolute Gasteiger partial charge is 0.507 e. The molecule has 0 spiro atoms. The van der Waals surface area contributed by atoms with Crippen LogP contribution in [0.4, 0.5) is 0 Å². The first-order valence-electron chi connectivity index (χ1n) is 15.8. The van der Waals surface area contributed by atoms with Crippen molar-refractivity contribution in [3.05, 3.63) is 61.7 Å². The molecule has 0 radical (unpaired) electrons. The topological polar surface area (TPSA) is 220 Å². The molecule has 0 amide bonds. The lowest BCUT2D eigenvalue weighted by Gasteiger charge is -2.39. The number of aliphatic carboxylic acids is 1. The SMILES string of the molecule is COC(=O)C[C@H]1Cc2cc3c(c(O)c2[C@H](C)O1)C(=O)[C@H]1CC3(OC(C)=O)C2=C1C(=O)c1c(O)c3c(c(O)c1C2=O)C[C@H](CC(=O)O)O[C@H]3C. The number of hydrogen-bond donors (Lipinski definition) is 4. The molecule has 0 fully saturated rings. The molecule has 4 N–H and O–H groups in total. The van der Waals surface area contributed by atoms with Crippen LogP contribution in [-0.2, 0) is 51.8 Å². The van der Waals surface area contributed by atoms with Crippen LogP contribution in [0.5, 0.6) is 17.2 Å². The van der Waals surface area contributed by atoms with E-state index in [1.807, 2.05) is 0 Å². The van der Waals surface area contributed by atoms with Crippen molar-refractivity contribution in [2.75, 3.05) is 7.11 Å². The Bertz CT molecular complexity index is 1990. The number of ketones is 3. The number of benzene rings is 2. The van der Waals surface area contributed by atoms with Crippen molar-refractivity contribution in [1.82, 2.24) is 0 Å². The number of carboxylic acid groups (broad SMARTS) is 1. The van der Waals surface area contributed by atoms with E-state index in [1.54, 1.807) is 6.92 Å². The van der Waals surface area contributed by atoms with Gasteiger partial charge in [0.2, 0.25) is 0 Å². The number of esters is 2. The van der Waals surface area contributed by atoms with E-state index in [2.05, 4.69) is 0 Å². The summed E-state index contributed by atoms with van der Waals surface area (Å²) in [5, 5.41) is 44.1. The van der Waals surface area contributed by atoms with E-state index in [9.17, 15) is 49.2 Å². The Morgan fingerprint density at radius 2 is 1.49 bits per heavy atom. The number of phenols is 3. The highest BCUT2D eigenvalue weighted by molar-refractivity contribution is 6.33. The van der Waals surface area contributed by atoms with Gasteiger partial charge in [-0.05, 0) is 31.9 Å². The quantitative estimate of drug-likeness (QED) is 0.264. The van der Waals surface area contributed by atoms with Crippen molar-refractivity contribution in [3.8, 4) is 17.2 Å². The summed E-state index contributed by atoms with van der Waals surface area (Å²) < 4.78 is 22.4. The van der Waals surface area contributed by atoms with E-state index in [4.69, 9.17) is 18.9 Å². The van der Waals surface area contributed by atoms with Gasteiger partial charge in [-0.3, -0.25) is 28.8 Å². The highest BCUT2D eigenvalue weighted by Gasteiger charge is 2.64. The van der Waals surface area contributed by atoms with Crippen LogP contribution in [0.25, 0.3) is 0 Å². The Balaban J connectivity index is 1.44. The third kappa shape index (κ3) is 4.46. The fraction of sp³-hybridized carbons (Fsp3) is 0.429. The molecule has 6 atom stereocenters. The molecular formula is C35H32O14. The second-order valence-electron chi connectivity index (χ2n) is 13.1. The standard InChI is InChI=1S/C35H32O14/c1-11-22-14(5-15(47-11)9-21(39)46-4)6-19-25(31(22)42)30(41)18-10-35(19,49-13(3)36)28-24(18)33(44)27-26(34(28)45)29(40)17-7-16(8-20(37)38)48-12(2)23(17)32(27)43/h6,11-12,15-16,18,40,42-43H,5,7-10H2,1-4H3,(H,37,38)/t11-,12-,15+,16+,18-,35?/m0/s1. The molecular weight excluding hydrogens is 644 g/mol. The maximum atomic E-state index is 14.7. The third-order valence-electron chi connectivity index (χ3n) is 10.3. The second-order valence-corrected chi connectivity index (χ2v) is 13.1. The average molecular weight is 677 g/mol. The molecule has 2 aromatic rings. The normalized spacial score (nSPS) is 27.8. The van der Waals surface area contributed by atoms with Gasteiger partial charge in [-0.2, -0.15) is 0 Å². The van der Waals surface area contributed by atoms with Gasteiger partial charge in [0.25, 0.3) is 0 Å². The van der Waals surface area contributed by atoms with Crippen molar-refractivity contribution in [3.63, 3.8) is 0 Å². The predicted octanol–water partition coefficient (Wildman–Crippen LogP) is 3.20. The lowest BCUT2D eigenvalue weighted by Crippen LogP contribution is -2.41. The number of carbonyl (C=O) groups excluding carboxylic acids is 5. The minimum absolute atomic E-state index is 0.00851. The van der Waals surface area contributed by atoms with Crippen LogP contribution >= 0.6 is 0 Å². The van der Waals surface area contributed by atoms with Gasteiger partial charge in [0.1, 0.15) is 17.2 Å². The first-order chi connectivity index (χ1) is 23.1. The number of hydrogen-bond acceptors (Lipinski definition) is 13. The molecule has 14 nitrogen and oxygen atoms in total. The summed E-state index contributed by atoms with van der Waals surface area (Å²) in [5.41, 5.74) is -3.41. The van der Waals surface area contributed by atoms with Gasteiger partial charge >= 0.3 is 17.9 Å². The summed E-state index contributed by atoms with van der Waals surface area (Å²) in [6.07, 6.45) is -4.36. The summed E-state index contributed by atoms with van der Waals surface area (Å²) >= 11 is 0. The summed E-state index contributed by atoms with van der Waals surface area (Å²) in [4.78, 5) is 79.7. The van der Waals surface area contributed by atoms with Crippen molar-refractivity contribution < 1.29 is 68.1 Å². The molecule has 2 heterocycles. The van der Waals surface area contributed by atoms with Crippen molar-refractivity contribution in [1.29, 1.82) is 0 Å². The van der Waals surface area contributed by atoms with Crippen LogP contribution in [0.3, 0.4) is 0 Å². The molecule has 2 aliphatic heterocycles. The van der Waals surface area contributed by atoms with Crippen molar-refractivity contribution in [2.45, 2.75) is 82.9 Å². The zero-order valence-electron chi connectivity index (χ0n) is 26.9. The van der Waals surface area contributed by atoms with Crippen molar-refractivity contribution >= 4 is 35.3 Å². The minimum Gasteiger partial charge on any atom is -0.507 e. The highest BCUT2D eigenvalue weighted by atomic mass is 16.6. The minimum atomic E-state index is -2.05. The number of Topliss-reactive ketones (excluding diaryl/α,β-unsaturated/α-hetero) is 3. The number of fused-ring (bicyclic) bond motifs is 9. The smallest absolute Gasteiger partial charge is 0.308 e. The van der Waals surface area contributed by atoms with Gasteiger partial charge in [-0.15, -0.1) is 0 Å². The summed E-state index contributed by atoms with van der Waals surface area (Å²) in [7, 11) is 1.23. The number of rotatable bonds is 5. The Labute approximate surface area is 278 Å². The second kappa shape index (κ2) is 11.0. The molecule has 0 aromatic heterocycles. The Morgan fingerprint density at radius 3 is 2.12 bits per heavy atom. The molecule has 3 aliphatic carbocycles. The lowest BCUT2D eigenvalue weighted by molar-refractivity contribution is -0.155. The van der Waals surface area contributed by atoms with Crippen molar-refractivity contribution in [2.24, 2.45) is 5.92 Å². The third-order valence-corrected chi connectivity index (χ3v) is 10.3. The van der Waals surface area contributed by atoms with Crippen LogP contribution in [-0.4, -0.2) is 75.0 Å². The monoisotopic (exact) mass is 676 g/mol. The van der Waals surface area contributed by atoms with E-state index in [0.717, 1.165) is 6.92 Å². The number of methoxy groups -OCH3 is 1. The fourth-order valence-corrected chi connectivity index (χ4v) is 8.55. The molecule has 0 saturated carbocycles. The highest BCUT2D eigenvalue weighted by Crippen LogP contribution is 2.62. The molecule has 49 heavy (non-hydrogen) atoms. The number of aromatic hydroxyl groups is 3. The van der Waals surface area contributed by atoms with E-state index < -0.39 is 106 Å². The molecule has 14 heteroatoms. The van der Waals surface area contributed by atoms with Crippen LogP contribution in [0.2, 0.25) is 0 Å². The Hall–Kier alpha value is -5.08. The zero-order chi connectivity index (χ0) is 35.4. The zero-order valence-corrected chi connectivity index (χ0v) is 26.9. The summed E-state index contributed by atoms with van der Waals surface area (Å²) in [6.45, 7) is 4.22. The average Bonchev–Trinajstić information content (AvgIpc) is 3.32. The molecule has 2 bridgehead atoms. The van der Waals surface area contributed by atoms with Gasteiger partial charge in [-0.1, -0.05) is 0 Å². The predicted molar refractivity (Wildman–Crippen MR) is 162 cm³/mol. The van der Waals surface area contributed by atoms with Gasteiger partial charge in [0.05, 0.1) is 72.5 Å². The number of phenolic OH excluding ortho intramolecular Hbond substituents is 3. The van der Waals surface area contributed by atoms with E-state index in [1.165, 1.54) is 20.1 Å². The molecule has 7 rings (SSSR count). The number of carboxylic acids is 1. The molecule has 2 aromatic carbocycles. The van der Waals surface area contributed by atoms with E-state index in [0.29, 0.717) is 5.56 Å².